The minimum Gasteiger partial charge on any atom is -0.453 e. The maximum atomic E-state index is 12.2. The molecule has 1 amide bonds. The molecule has 2 N–H and O–H groups in total. The van der Waals surface area contributed by atoms with Gasteiger partial charge in [0.15, 0.2) is 6.10 Å². The van der Waals surface area contributed by atoms with Crippen molar-refractivity contribution in [2.75, 3.05) is 13.1 Å². The standard InChI is InChI=1S/C18H26N2O5S/c1-5-10-19-18(22)15(4)25-17(21)7-6-11-20-26(23,24)16-9-8-13(2)14(3)12-16/h5,8-9,12,15,20H,1,6-7,10-11H2,2-4H3,(H,19,22)/t15-/m1/s1. The largest absolute Gasteiger partial charge is 0.453 e. The van der Waals surface area contributed by atoms with Crippen molar-refractivity contribution in [3.05, 3.63) is 42.0 Å². The van der Waals surface area contributed by atoms with Crippen molar-refractivity contribution in [2.24, 2.45) is 0 Å². The van der Waals surface area contributed by atoms with Crippen LogP contribution >= 0.6 is 0 Å². The van der Waals surface area contributed by atoms with Gasteiger partial charge < -0.3 is 10.1 Å². The molecule has 1 aromatic rings. The predicted octanol–water partition coefficient (Wildman–Crippen LogP) is 1.60. The topological polar surface area (TPSA) is 102 Å². The lowest BCUT2D eigenvalue weighted by Crippen LogP contribution is -2.36. The number of carbonyl (C=O) groups is 2. The van der Waals surface area contributed by atoms with E-state index in [0.29, 0.717) is 6.54 Å². The molecular formula is C18H26N2O5S. The molecule has 0 aliphatic carbocycles. The Morgan fingerprint density at radius 2 is 1.96 bits per heavy atom. The fraction of sp³-hybridized carbons (Fsp3) is 0.444. The number of amides is 1. The molecule has 26 heavy (non-hydrogen) atoms. The molecule has 0 unspecified atom stereocenters. The van der Waals surface area contributed by atoms with Crippen molar-refractivity contribution in [1.29, 1.82) is 0 Å². The van der Waals surface area contributed by atoms with Crippen molar-refractivity contribution in [1.82, 2.24) is 10.0 Å². The number of hydrogen-bond donors (Lipinski definition) is 2. The van der Waals surface area contributed by atoms with E-state index in [-0.39, 0.29) is 24.3 Å². The van der Waals surface area contributed by atoms with Gasteiger partial charge in [0.1, 0.15) is 0 Å². The highest BCUT2D eigenvalue weighted by atomic mass is 32.2. The smallest absolute Gasteiger partial charge is 0.306 e. The third-order valence-corrected chi connectivity index (χ3v) is 5.20. The summed E-state index contributed by atoms with van der Waals surface area (Å²) in [6.45, 7) is 9.09. The van der Waals surface area contributed by atoms with E-state index in [2.05, 4.69) is 16.6 Å². The van der Waals surface area contributed by atoms with Crippen LogP contribution in [0.5, 0.6) is 0 Å². The number of ether oxygens (including phenoxy) is 1. The van der Waals surface area contributed by atoms with Crippen LogP contribution in [0.3, 0.4) is 0 Å². The monoisotopic (exact) mass is 382 g/mol. The van der Waals surface area contributed by atoms with Crippen LogP contribution < -0.4 is 10.0 Å². The summed E-state index contributed by atoms with van der Waals surface area (Å²) in [6.07, 6.45) is 0.890. The van der Waals surface area contributed by atoms with Crippen LogP contribution in [0.1, 0.15) is 30.9 Å². The molecule has 1 aromatic carbocycles. The van der Waals surface area contributed by atoms with Gasteiger partial charge in [-0.05, 0) is 50.5 Å². The molecule has 0 radical (unpaired) electrons. The molecule has 0 aromatic heterocycles. The minimum atomic E-state index is -3.62. The molecular weight excluding hydrogens is 356 g/mol. The van der Waals surface area contributed by atoms with Crippen molar-refractivity contribution < 1.29 is 22.7 Å². The van der Waals surface area contributed by atoms with Crippen molar-refractivity contribution in [2.45, 2.75) is 44.6 Å². The summed E-state index contributed by atoms with van der Waals surface area (Å²) in [4.78, 5) is 23.5. The van der Waals surface area contributed by atoms with E-state index in [9.17, 15) is 18.0 Å². The Hall–Kier alpha value is -2.19. The van der Waals surface area contributed by atoms with Gasteiger partial charge in [-0.3, -0.25) is 9.59 Å². The molecule has 0 fully saturated rings. The van der Waals surface area contributed by atoms with E-state index in [1.165, 1.54) is 13.0 Å². The molecule has 0 aliphatic heterocycles. The lowest BCUT2D eigenvalue weighted by Gasteiger charge is -2.13. The molecule has 0 saturated carbocycles. The van der Waals surface area contributed by atoms with Gasteiger partial charge in [-0.2, -0.15) is 0 Å². The minimum absolute atomic E-state index is 0.00846. The van der Waals surface area contributed by atoms with E-state index in [4.69, 9.17) is 4.74 Å². The normalized spacial score (nSPS) is 12.3. The fourth-order valence-electron chi connectivity index (χ4n) is 2.03. The average molecular weight is 382 g/mol. The number of hydrogen-bond acceptors (Lipinski definition) is 5. The maximum absolute atomic E-state index is 12.2. The Morgan fingerprint density at radius 3 is 2.58 bits per heavy atom. The second-order valence-electron chi connectivity index (χ2n) is 5.91. The van der Waals surface area contributed by atoms with E-state index < -0.39 is 28.0 Å². The zero-order valence-corrected chi connectivity index (χ0v) is 16.2. The first-order chi connectivity index (χ1) is 12.2. The first kappa shape index (κ1) is 21.9. The van der Waals surface area contributed by atoms with Crippen LogP contribution in [0.25, 0.3) is 0 Å². The highest BCUT2D eigenvalue weighted by molar-refractivity contribution is 7.89. The summed E-state index contributed by atoms with van der Waals surface area (Å²) in [5.74, 6) is -0.967. The summed E-state index contributed by atoms with van der Waals surface area (Å²) in [7, 11) is -3.62. The van der Waals surface area contributed by atoms with Crippen LogP contribution in [0, 0.1) is 13.8 Å². The molecule has 7 nitrogen and oxygen atoms in total. The third-order valence-electron chi connectivity index (χ3n) is 3.74. The highest BCUT2D eigenvalue weighted by Gasteiger charge is 2.18. The molecule has 0 spiro atoms. The molecule has 0 heterocycles. The second kappa shape index (κ2) is 10.1. The summed E-state index contributed by atoms with van der Waals surface area (Å²) >= 11 is 0. The Bertz CT molecular complexity index is 759. The highest BCUT2D eigenvalue weighted by Crippen LogP contribution is 2.14. The van der Waals surface area contributed by atoms with Gasteiger partial charge in [-0.15, -0.1) is 6.58 Å². The van der Waals surface area contributed by atoms with E-state index in [0.717, 1.165) is 11.1 Å². The summed E-state index contributed by atoms with van der Waals surface area (Å²) in [5.41, 5.74) is 1.90. The van der Waals surface area contributed by atoms with Gasteiger partial charge >= 0.3 is 5.97 Å². The molecule has 8 heteroatoms. The SMILES string of the molecule is C=CCNC(=O)[C@@H](C)OC(=O)CCCNS(=O)(=O)c1ccc(C)c(C)c1. The first-order valence-corrected chi connectivity index (χ1v) is 9.80. The zero-order chi connectivity index (χ0) is 19.7. The number of aryl methyl sites for hydroxylation is 2. The number of nitrogens with one attached hydrogen (secondary N) is 2. The van der Waals surface area contributed by atoms with E-state index >= 15 is 0 Å². The van der Waals surface area contributed by atoms with Crippen molar-refractivity contribution in [3.63, 3.8) is 0 Å². The lowest BCUT2D eigenvalue weighted by molar-refractivity contribution is -0.154. The lowest BCUT2D eigenvalue weighted by atomic mass is 10.1. The van der Waals surface area contributed by atoms with Gasteiger partial charge in [-0.1, -0.05) is 12.1 Å². The van der Waals surface area contributed by atoms with Crippen molar-refractivity contribution in [3.8, 4) is 0 Å². The number of benzene rings is 1. The maximum Gasteiger partial charge on any atom is 0.306 e. The molecule has 0 aliphatic rings. The van der Waals surface area contributed by atoms with Crippen LogP contribution in [0.2, 0.25) is 0 Å². The first-order valence-electron chi connectivity index (χ1n) is 8.32. The summed E-state index contributed by atoms with van der Waals surface area (Å²) < 4.78 is 31.9. The number of sulfonamides is 1. The predicted molar refractivity (Wildman–Crippen MR) is 99.1 cm³/mol. The van der Waals surface area contributed by atoms with Crippen LogP contribution in [0.4, 0.5) is 0 Å². The van der Waals surface area contributed by atoms with Crippen LogP contribution in [-0.2, 0) is 24.3 Å². The molecule has 144 valence electrons. The molecule has 1 atom stereocenters. The molecule has 0 saturated heterocycles. The van der Waals surface area contributed by atoms with Gasteiger partial charge in [0.25, 0.3) is 5.91 Å². The summed E-state index contributed by atoms with van der Waals surface area (Å²) in [5, 5.41) is 2.53. The third kappa shape index (κ3) is 6.97. The van der Waals surface area contributed by atoms with E-state index in [1.807, 2.05) is 13.8 Å². The van der Waals surface area contributed by atoms with Crippen LogP contribution in [0.15, 0.2) is 35.7 Å². The Balaban J connectivity index is 2.41. The van der Waals surface area contributed by atoms with Gasteiger partial charge in [0.2, 0.25) is 10.0 Å². The average Bonchev–Trinajstić information content (AvgIpc) is 2.58. The summed E-state index contributed by atoms with van der Waals surface area (Å²) in [6, 6.07) is 4.90. The Labute approximate surface area is 154 Å². The van der Waals surface area contributed by atoms with Gasteiger partial charge in [0.05, 0.1) is 4.90 Å². The Morgan fingerprint density at radius 1 is 1.27 bits per heavy atom. The van der Waals surface area contributed by atoms with Crippen molar-refractivity contribution >= 4 is 21.9 Å². The zero-order valence-electron chi connectivity index (χ0n) is 15.4. The second-order valence-corrected chi connectivity index (χ2v) is 7.68. The number of rotatable bonds is 10. The van der Waals surface area contributed by atoms with E-state index in [1.54, 1.807) is 18.2 Å². The fourth-order valence-corrected chi connectivity index (χ4v) is 3.19. The van der Waals surface area contributed by atoms with Gasteiger partial charge in [0, 0.05) is 19.5 Å². The Kier molecular flexibility index (Phi) is 8.47. The molecule has 1 rings (SSSR count). The van der Waals surface area contributed by atoms with Gasteiger partial charge in [-0.25, -0.2) is 13.1 Å². The number of esters is 1. The quantitative estimate of drug-likeness (QED) is 0.364. The number of carbonyl (C=O) groups excluding carboxylic acids is 2. The molecule has 0 bridgehead atoms. The van der Waals surface area contributed by atoms with Crippen LogP contribution in [-0.4, -0.2) is 39.5 Å².